The minimum atomic E-state index is -0.823. The first-order valence-electron chi connectivity index (χ1n) is 9.46. The number of carbonyl (C=O) groups excluding carboxylic acids is 1. The van der Waals surface area contributed by atoms with E-state index in [4.69, 9.17) is 9.68 Å². The SMILES string of the molecule is CN(C(=O)CSc1nnc(C23CC4CC(CC(C4)C2)C3)o1)C(C)(C)C#N. The summed E-state index contributed by atoms with van der Waals surface area (Å²) in [5, 5.41) is 18.2. The molecule has 26 heavy (non-hydrogen) atoms. The number of aromatic nitrogens is 2. The van der Waals surface area contributed by atoms with Crippen LogP contribution in [-0.4, -0.2) is 39.3 Å². The molecule has 0 aliphatic heterocycles. The normalized spacial score (nSPS) is 32.5. The molecule has 0 atom stereocenters. The minimum absolute atomic E-state index is 0.0875. The fourth-order valence-electron chi connectivity index (χ4n) is 5.46. The summed E-state index contributed by atoms with van der Waals surface area (Å²) in [4.78, 5) is 13.8. The Bertz CT molecular complexity index is 716. The molecule has 1 aromatic rings. The van der Waals surface area contributed by atoms with Gasteiger partial charge in [0.05, 0.1) is 11.8 Å². The van der Waals surface area contributed by atoms with Crippen molar-refractivity contribution < 1.29 is 9.21 Å². The molecule has 0 saturated heterocycles. The predicted molar refractivity (Wildman–Crippen MR) is 97.3 cm³/mol. The third-order valence-corrected chi connectivity index (χ3v) is 7.51. The molecule has 0 radical (unpaired) electrons. The Balaban J connectivity index is 1.42. The summed E-state index contributed by atoms with van der Waals surface area (Å²) in [7, 11) is 1.65. The second-order valence-electron chi connectivity index (χ2n) is 8.98. The van der Waals surface area contributed by atoms with Gasteiger partial charge in [0.2, 0.25) is 11.8 Å². The Morgan fingerprint density at radius 1 is 1.27 bits per heavy atom. The van der Waals surface area contributed by atoms with Gasteiger partial charge in [0.1, 0.15) is 5.54 Å². The van der Waals surface area contributed by atoms with Crippen LogP contribution in [0.25, 0.3) is 0 Å². The van der Waals surface area contributed by atoms with E-state index in [1.165, 1.54) is 55.2 Å². The molecule has 140 valence electrons. The number of amides is 1. The van der Waals surface area contributed by atoms with Crippen molar-refractivity contribution in [2.75, 3.05) is 12.8 Å². The van der Waals surface area contributed by atoms with Crippen LogP contribution in [0.5, 0.6) is 0 Å². The van der Waals surface area contributed by atoms with Crippen molar-refractivity contribution in [1.82, 2.24) is 15.1 Å². The Morgan fingerprint density at radius 2 is 1.85 bits per heavy atom. The van der Waals surface area contributed by atoms with E-state index in [1.807, 2.05) is 0 Å². The van der Waals surface area contributed by atoms with Gasteiger partial charge in [0.15, 0.2) is 0 Å². The van der Waals surface area contributed by atoms with Crippen LogP contribution in [0.4, 0.5) is 0 Å². The van der Waals surface area contributed by atoms with Gasteiger partial charge < -0.3 is 9.32 Å². The van der Waals surface area contributed by atoms with E-state index in [0.29, 0.717) is 5.22 Å². The molecule has 4 fully saturated rings. The van der Waals surface area contributed by atoms with Gasteiger partial charge in [0, 0.05) is 12.5 Å². The first-order valence-corrected chi connectivity index (χ1v) is 10.4. The Labute approximate surface area is 158 Å². The molecule has 7 heteroatoms. The molecule has 0 unspecified atom stereocenters. The zero-order chi connectivity index (χ0) is 18.5. The van der Waals surface area contributed by atoms with E-state index in [9.17, 15) is 4.79 Å². The molecule has 4 saturated carbocycles. The van der Waals surface area contributed by atoms with Crippen molar-refractivity contribution in [1.29, 1.82) is 5.26 Å². The van der Waals surface area contributed by atoms with Gasteiger partial charge in [0.25, 0.3) is 5.22 Å². The van der Waals surface area contributed by atoms with E-state index in [-0.39, 0.29) is 17.1 Å². The van der Waals surface area contributed by atoms with Crippen LogP contribution < -0.4 is 0 Å². The topological polar surface area (TPSA) is 83.0 Å². The largest absolute Gasteiger partial charge is 0.415 e. The van der Waals surface area contributed by atoms with Crippen LogP contribution in [0.2, 0.25) is 0 Å². The Morgan fingerprint density at radius 3 is 2.38 bits per heavy atom. The number of carbonyl (C=O) groups is 1. The quantitative estimate of drug-likeness (QED) is 0.735. The standard InChI is InChI=1S/C19H26N4O2S/c1-18(2,11-20)23(3)15(24)10-26-17-22-21-16(25-17)19-7-12-4-13(8-19)6-14(5-12)9-19/h12-14H,4-10H2,1-3H3. The third kappa shape index (κ3) is 3.02. The number of hydrogen-bond donors (Lipinski definition) is 0. The molecule has 0 N–H and O–H groups in total. The lowest BCUT2D eigenvalue weighted by Crippen LogP contribution is -2.48. The van der Waals surface area contributed by atoms with E-state index >= 15 is 0 Å². The van der Waals surface area contributed by atoms with Crippen LogP contribution >= 0.6 is 11.8 Å². The van der Waals surface area contributed by atoms with Crippen molar-refractivity contribution in [3.63, 3.8) is 0 Å². The summed E-state index contributed by atoms with van der Waals surface area (Å²) in [5.41, 5.74) is -0.735. The maximum atomic E-state index is 12.3. The summed E-state index contributed by atoms with van der Waals surface area (Å²) < 4.78 is 6.02. The molecule has 6 nitrogen and oxygen atoms in total. The van der Waals surface area contributed by atoms with Gasteiger partial charge in [-0.25, -0.2) is 0 Å². The average molecular weight is 375 g/mol. The molecule has 4 aliphatic rings. The second kappa shape index (κ2) is 6.26. The highest BCUT2D eigenvalue weighted by Crippen LogP contribution is 2.60. The molecule has 1 heterocycles. The lowest BCUT2D eigenvalue weighted by molar-refractivity contribution is -0.130. The van der Waals surface area contributed by atoms with Gasteiger partial charge in [-0.05, 0) is 70.1 Å². The van der Waals surface area contributed by atoms with Crippen molar-refractivity contribution in [2.45, 2.75) is 68.5 Å². The summed E-state index contributed by atoms with van der Waals surface area (Å²) >= 11 is 1.27. The van der Waals surface area contributed by atoms with Crippen LogP contribution in [-0.2, 0) is 10.2 Å². The van der Waals surface area contributed by atoms with Crippen LogP contribution in [0.15, 0.2) is 9.64 Å². The van der Waals surface area contributed by atoms with Gasteiger partial charge in [-0.3, -0.25) is 4.79 Å². The van der Waals surface area contributed by atoms with Crippen LogP contribution in [0.1, 0.15) is 58.3 Å². The van der Waals surface area contributed by atoms with E-state index < -0.39 is 5.54 Å². The molecule has 0 aromatic carbocycles. The number of hydrogen-bond acceptors (Lipinski definition) is 6. The zero-order valence-electron chi connectivity index (χ0n) is 15.7. The Hall–Kier alpha value is -1.55. The number of nitrogens with zero attached hydrogens (tertiary/aromatic N) is 4. The van der Waals surface area contributed by atoms with Crippen molar-refractivity contribution in [3.8, 4) is 6.07 Å². The van der Waals surface area contributed by atoms with Gasteiger partial charge in [-0.1, -0.05) is 11.8 Å². The predicted octanol–water partition coefficient (Wildman–Crippen LogP) is 3.39. The minimum Gasteiger partial charge on any atom is -0.415 e. The molecule has 5 rings (SSSR count). The van der Waals surface area contributed by atoms with Crippen molar-refractivity contribution in [3.05, 3.63) is 5.89 Å². The lowest BCUT2D eigenvalue weighted by Gasteiger charge is -2.55. The fraction of sp³-hybridized carbons (Fsp3) is 0.789. The zero-order valence-corrected chi connectivity index (χ0v) is 16.5. The van der Waals surface area contributed by atoms with E-state index in [1.54, 1.807) is 20.9 Å². The maximum Gasteiger partial charge on any atom is 0.277 e. The first kappa shape index (κ1) is 17.8. The van der Waals surface area contributed by atoms with Crippen molar-refractivity contribution in [2.24, 2.45) is 17.8 Å². The maximum absolute atomic E-state index is 12.3. The van der Waals surface area contributed by atoms with Crippen LogP contribution in [0.3, 0.4) is 0 Å². The number of thioether (sulfide) groups is 1. The highest BCUT2D eigenvalue weighted by atomic mass is 32.2. The number of rotatable bonds is 5. The molecule has 4 bridgehead atoms. The third-order valence-electron chi connectivity index (χ3n) is 6.70. The average Bonchev–Trinajstić information content (AvgIpc) is 3.07. The lowest BCUT2D eigenvalue weighted by atomic mass is 9.49. The molecule has 1 aromatic heterocycles. The second-order valence-corrected chi connectivity index (χ2v) is 9.91. The van der Waals surface area contributed by atoms with Gasteiger partial charge in [-0.15, -0.1) is 10.2 Å². The highest BCUT2D eigenvalue weighted by molar-refractivity contribution is 7.99. The molecular weight excluding hydrogens is 348 g/mol. The summed E-state index contributed by atoms with van der Waals surface area (Å²) in [6.45, 7) is 3.46. The van der Waals surface area contributed by atoms with E-state index in [2.05, 4.69) is 16.3 Å². The summed E-state index contributed by atoms with van der Waals surface area (Å²) in [6.07, 6.45) is 7.69. The molecule has 1 amide bonds. The molecular formula is C19H26N4O2S. The smallest absolute Gasteiger partial charge is 0.277 e. The summed E-state index contributed by atoms with van der Waals surface area (Å²) in [5.74, 6) is 3.35. The Kier molecular flexibility index (Phi) is 4.30. The van der Waals surface area contributed by atoms with Gasteiger partial charge in [-0.2, -0.15) is 5.26 Å². The molecule has 4 aliphatic carbocycles. The van der Waals surface area contributed by atoms with Crippen molar-refractivity contribution >= 4 is 17.7 Å². The summed E-state index contributed by atoms with van der Waals surface area (Å²) in [6, 6.07) is 2.14. The van der Waals surface area contributed by atoms with Gasteiger partial charge >= 0.3 is 0 Å². The fourth-order valence-corrected chi connectivity index (χ4v) is 6.14. The highest BCUT2D eigenvalue weighted by Gasteiger charge is 2.54. The number of nitriles is 1. The van der Waals surface area contributed by atoms with Crippen LogP contribution in [0, 0.1) is 29.1 Å². The first-order chi connectivity index (χ1) is 12.3. The monoisotopic (exact) mass is 374 g/mol. The van der Waals surface area contributed by atoms with E-state index in [0.717, 1.165) is 23.6 Å². The molecule has 0 spiro atoms.